The van der Waals surface area contributed by atoms with Crippen molar-refractivity contribution in [1.29, 1.82) is 10.5 Å². The lowest BCUT2D eigenvalue weighted by Gasteiger charge is -2.01. The first-order valence-electron chi connectivity index (χ1n) is 7.22. The number of hydrogen-bond donors (Lipinski definition) is 4. The molecule has 0 aromatic rings. The minimum absolute atomic E-state index is 0.250. The Balaban J connectivity index is -0.000000304. The van der Waals surface area contributed by atoms with E-state index in [1.807, 2.05) is 0 Å². The predicted molar refractivity (Wildman–Crippen MR) is 88.2 cm³/mol. The Bertz CT molecular complexity index is 446. The van der Waals surface area contributed by atoms with Crippen LogP contribution >= 0.6 is 0 Å². The van der Waals surface area contributed by atoms with Crippen molar-refractivity contribution in [2.75, 3.05) is 26.4 Å². The summed E-state index contributed by atoms with van der Waals surface area (Å²) in [5.41, 5.74) is -0.861. The van der Waals surface area contributed by atoms with Gasteiger partial charge in [-0.15, -0.1) is 0 Å². The van der Waals surface area contributed by atoms with Crippen LogP contribution < -0.4 is 0 Å². The molecule has 0 aromatic carbocycles. The summed E-state index contributed by atoms with van der Waals surface area (Å²) in [7, 11) is 0. The highest BCUT2D eigenvalue weighted by Gasteiger charge is 1.98. The second-order valence-corrected chi connectivity index (χ2v) is 4.26. The fraction of sp³-hybridized carbons (Fsp3) is 0.500. The summed E-state index contributed by atoms with van der Waals surface area (Å²) in [6.07, 6.45) is 3.49. The largest absolute Gasteiger partial charge is 0.477 e. The molecule has 9 heteroatoms. The summed E-state index contributed by atoms with van der Waals surface area (Å²) in [6.45, 7) is 7.78. The SMILES string of the molecule is C=C(C#N)C(=O)O.C=C(C#N)C(=O)O.OCCCCOCCCCO. The summed E-state index contributed by atoms with van der Waals surface area (Å²) >= 11 is 0. The van der Waals surface area contributed by atoms with Crippen LogP contribution in [0.4, 0.5) is 0 Å². The molecule has 4 N–H and O–H groups in total. The smallest absolute Gasteiger partial charge is 0.345 e. The molecule has 0 saturated heterocycles. The zero-order chi connectivity index (χ0) is 20.1. The van der Waals surface area contributed by atoms with Gasteiger partial charge in [0, 0.05) is 26.4 Å². The van der Waals surface area contributed by atoms with E-state index < -0.39 is 23.1 Å². The number of hydrogen-bond acceptors (Lipinski definition) is 7. The Kier molecular flexibility index (Phi) is 23.1. The highest BCUT2D eigenvalue weighted by molar-refractivity contribution is 5.90. The van der Waals surface area contributed by atoms with Crippen LogP contribution in [0.5, 0.6) is 0 Å². The molecule has 0 saturated carbocycles. The molecule has 0 aliphatic heterocycles. The van der Waals surface area contributed by atoms with Gasteiger partial charge in [0.25, 0.3) is 0 Å². The second-order valence-electron chi connectivity index (χ2n) is 4.26. The van der Waals surface area contributed by atoms with Crippen molar-refractivity contribution in [3.05, 3.63) is 24.3 Å². The first kappa shape index (κ1) is 27.1. The number of ether oxygens (including phenoxy) is 1. The summed E-state index contributed by atoms with van der Waals surface area (Å²) in [5.74, 6) is -2.52. The van der Waals surface area contributed by atoms with Crippen molar-refractivity contribution in [2.45, 2.75) is 25.7 Å². The molecule has 140 valence electrons. The molecule has 25 heavy (non-hydrogen) atoms. The maximum atomic E-state index is 9.61. The maximum absolute atomic E-state index is 9.61. The van der Waals surface area contributed by atoms with Crippen molar-refractivity contribution in [3.8, 4) is 12.1 Å². The molecule has 0 unspecified atom stereocenters. The van der Waals surface area contributed by atoms with Crippen LogP contribution in [-0.4, -0.2) is 58.8 Å². The minimum atomic E-state index is -1.26. The Morgan fingerprint density at radius 2 is 1.12 bits per heavy atom. The number of carboxylic acid groups (broad SMARTS) is 2. The average Bonchev–Trinajstić information content (AvgIpc) is 2.60. The van der Waals surface area contributed by atoms with E-state index in [-0.39, 0.29) is 13.2 Å². The third kappa shape index (κ3) is 26.5. The van der Waals surface area contributed by atoms with Crippen LogP contribution in [0.3, 0.4) is 0 Å². The third-order valence-electron chi connectivity index (χ3n) is 2.18. The van der Waals surface area contributed by atoms with Gasteiger partial charge < -0.3 is 25.2 Å². The van der Waals surface area contributed by atoms with Crippen molar-refractivity contribution >= 4 is 11.9 Å². The summed E-state index contributed by atoms with van der Waals surface area (Å²) in [4.78, 5) is 19.2. The molecule has 0 bridgehead atoms. The molecular weight excluding hydrogens is 332 g/mol. The quantitative estimate of drug-likeness (QED) is 0.251. The number of aliphatic hydroxyl groups excluding tert-OH is 2. The number of aliphatic hydroxyl groups is 2. The van der Waals surface area contributed by atoms with Crippen molar-refractivity contribution in [3.63, 3.8) is 0 Å². The number of carboxylic acids is 2. The van der Waals surface area contributed by atoms with Gasteiger partial charge >= 0.3 is 11.9 Å². The molecule has 0 fully saturated rings. The second kappa shape index (κ2) is 21.3. The highest BCUT2D eigenvalue weighted by Crippen LogP contribution is 1.92. The van der Waals surface area contributed by atoms with Crippen molar-refractivity contribution in [2.24, 2.45) is 0 Å². The lowest BCUT2D eigenvalue weighted by molar-refractivity contribution is -0.133. The Morgan fingerprint density at radius 3 is 1.28 bits per heavy atom. The van der Waals surface area contributed by atoms with Crippen LogP contribution in [0.1, 0.15) is 25.7 Å². The first-order chi connectivity index (χ1) is 11.8. The predicted octanol–water partition coefficient (Wildman–Crippen LogP) is 0.850. The number of nitrogens with zero attached hydrogens (tertiary/aromatic N) is 2. The van der Waals surface area contributed by atoms with E-state index in [2.05, 4.69) is 13.2 Å². The Morgan fingerprint density at radius 1 is 0.800 bits per heavy atom. The first-order valence-corrected chi connectivity index (χ1v) is 7.22. The fourth-order valence-corrected chi connectivity index (χ4v) is 0.830. The highest BCUT2D eigenvalue weighted by atomic mass is 16.5. The van der Waals surface area contributed by atoms with Gasteiger partial charge in [-0.05, 0) is 25.7 Å². The fourth-order valence-electron chi connectivity index (χ4n) is 0.830. The lowest BCUT2D eigenvalue weighted by Crippen LogP contribution is -1.98. The van der Waals surface area contributed by atoms with Crippen molar-refractivity contribution < 1.29 is 34.8 Å². The topological polar surface area (TPSA) is 172 Å². The maximum Gasteiger partial charge on any atom is 0.345 e. The molecule has 0 aliphatic carbocycles. The van der Waals surface area contributed by atoms with Crippen LogP contribution in [-0.2, 0) is 14.3 Å². The van der Waals surface area contributed by atoms with E-state index in [0.717, 1.165) is 38.9 Å². The van der Waals surface area contributed by atoms with Crippen LogP contribution in [0, 0.1) is 22.7 Å². The number of nitriles is 2. The van der Waals surface area contributed by atoms with E-state index in [4.69, 9.17) is 35.7 Å². The van der Waals surface area contributed by atoms with E-state index in [9.17, 15) is 9.59 Å². The molecule has 0 amide bonds. The normalized spacial score (nSPS) is 8.32. The Hall–Kier alpha value is -2.72. The standard InChI is InChI=1S/C8H18O3.2C4H3NO2/c9-5-1-3-7-11-8-4-2-6-10;2*1-3(2-5)4(6)7/h9-10H,1-8H2;2*1H2,(H,6,7). The van der Waals surface area contributed by atoms with Gasteiger partial charge in [0.1, 0.15) is 23.3 Å². The van der Waals surface area contributed by atoms with Gasteiger partial charge in [0.15, 0.2) is 0 Å². The molecule has 0 rings (SSSR count). The summed E-state index contributed by atoms with van der Waals surface area (Å²) in [6, 6.07) is 2.74. The number of aliphatic carboxylic acids is 2. The molecular formula is C16H24N2O7. The average molecular weight is 356 g/mol. The summed E-state index contributed by atoms with van der Waals surface area (Å²) in [5, 5.41) is 48.1. The molecule has 0 aliphatic rings. The number of rotatable bonds is 10. The molecule has 0 aromatic heterocycles. The molecule has 0 atom stereocenters. The van der Waals surface area contributed by atoms with Crippen LogP contribution in [0.15, 0.2) is 24.3 Å². The van der Waals surface area contributed by atoms with E-state index in [0.29, 0.717) is 0 Å². The van der Waals surface area contributed by atoms with E-state index in [1.165, 1.54) is 12.1 Å². The minimum Gasteiger partial charge on any atom is -0.477 e. The van der Waals surface area contributed by atoms with Gasteiger partial charge in [-0.25, -0.2) is 9.59 Å². The molecule has 0 radical (unpaired) electrons. The summed E-state index contributed by atoms with van der Waals surface area (Å²) < 4.78 is 5.22. The van der Waals surface area contributed by atoms with Gasteiger partial charge in [-0.2, -0.15) is 10.5 Å². The van der Waals surface area contributed by atoms with Gasteiger partial charge in [0.05, 0.1) is 0 Å². The molecule has 0 spiro atoms. The van der Waals surface area contributed by atoms with Crippen LogP contribution in [0.2, 0.25) is 0 Å². The van der Waals surface area contributed by atoms with E-state index in [1.54, 1.807) is 0 Å². The van der Waals surface area contributed by atoms with E-state index >= 15 is 0 Å². The Labute approximate surface area is 146 Å². The van der Waals surface area contributed by atoms with Gasteiger partial charge in [0.2, 0.25) is 0 Å². The number of carbonyl (C=O) groups is 2. The van der Waals surface area contributed by atoms with Gasteiger partial charge in [-0.1, -0.05) is 13.2 Å². The zero-order valence-corrected chi connectivity index (χ0v) is 14.0. The molecule has 0 heterocycles. The zero-order valence-electron chi connectivity index (χ0n) is 14.0. The van der Waals surface area contributed by atoms with Crippen LogP contribution in [0.25, 0.3) is 0 Å². The monoisotopic (exact) mass is 356 g/mol. The van der Waals surface area contributed by atoms with Gasteiger partial charge in [-0.3, -0.25) is 0 Å². The number of unbranched alkanes of at least 4 members (excludes halogenated alkanes) is 2. The lowest BCUT2D eigenvalue weighted by atomic mass is 10.3. The van der Waals surface area contributed by atoms with Crippen molar-refractivity contribution in [1.82, 2.24) is 0 Å². The third-order valence-corrected chi connectivity index (χ3v) is 2.18. The molecule has 9 nitrogen and oxygen atoms in total.